The summed E-state index contributed by atoms with van der Waals surface area (Å²) < 4.78 is 57.4. The molecule has 0 unspecified atom stereocenters. The highest BCUT2D eigenvalue weighted by atomic mass is 32.2. The molecule has 14 nitrogen and oxygen atoms in total. The predicted molar refractivity (Wildman–Crippen MR) is 201 cm³/mol. The van der Waals surface area contributed by atoms with Crippen LogP contribution in [0, 0.1) is 11.3 Å². The molecule has 2 aliphatic carbocycles. The van der Waals surface area contributed by atoms with Crippen molar-refractivity contribution >= 4 is 44.7 Å². The molecule has 1 aliphatic heterocycles. The summed E-state index contributed by atoms with van der Waals surface area (Å²) in [5.74, 6) is -1.79. The molecule has 3 fully saturated rings. The van der Waals surface area contributed by atoms with E-state index in [-0.39, 0.29) is 19.4 Å². The van der Waals surface area contributed by atoms with Crippen LogP contribution in [-0.2, 0) is 29.1 Å². The van der Waals surface area contributed by atoms with Crippen molar-refractivity contribution in [2.24, 2.45) is 11.3 Å². The molecule has 55 heavy (non-hydrogen) atoms. The molecule has 3 N–H and O–H groups in total. The van der Waals surface area contributed by atoms with Crippen molar-refractivity contribution in [2.75, 3.05) is 26.9 Å². The molecule has 1 aromatic heterocycles. The second-order valence-electron chi connectivity index (χ2n) is 15.2. The van der Waals surface area contributed by atoms with Gasteiger partial charge >= 0.3 is 6.09 Å². The number of likely N-dealkylation sites (tertiary alicyclic amines) is 1. The number of nitrogens with zero attached hydrogens (tertiary/aromatic N) is 2. The Balaban J connectivity index is 1.34. The number of pyridine rings is 1. The number of amides is 4. The van der Waals surface area contributed by atoms with E-state index in [1.165, 1.54) is 11.0 Å². The van der Waals surface area contributed by atoms with Crippen LogP contribution in [0.2, 0.25) is 0 Å². The lowest BCUT2D eigenvalue weighted by Gasteiger charge is -2.35. The van der Waals surface area contributed by atoms with Gasteiger partial charge in [-0.2, -0.15) is 0 Å². The van der Waals surface area contributed by atoms with Crippen LogP contribution >= 0.6 is 0 Å². The molecule has 2 aromatic carbocycles. The fourth-order valence-electron chi connectivity index (χ4n) is 6.84. The number of alkyl halides is 1. The maximum absolute atomic E-state index is 14.5. The molecule has 3 aromatic rings. The number of hydrogen-bond acceptors (Lipinski definition) is 10. The fraction of sp³-hybridized carbons (Fsp3) is 0.462. The van der Waals surface area contributed by atoms with Gasteiger partial charge in [0.2, 0.25) is 21.8 Å². The number of ether oxygens (including phenoxy) is 3. The van der Waals surface area contributed by atoms with Gasteiger partial charge in [-0.25, -0.2) is 22.6 Å². The number of sulfonamides is 1. The average molecular weight is 780 g/mol. The predicted octanol–water partition coefficient (Wildman–Crippen LogP) is 4.04. The van der Waals surface area contributed by atoms with Gasteiger partial charge in [-0.1, -0.05) is 57.2 Å². The summed E-state index contributed by atoms with van der Waals surface area (Å²) in [5.41, 5.74) is -0.488. The van der Waals surface area contributed by atoms with Crippen LogP contribution in [0.4, 0.5) is 9.18 Å². The van der Waals surface area contributed by atoms with Crippen LogP contribution in [0.3, 0.4) is 0 Å². The van der Waals surface area contributed by atoms with Gasteiger partial charge in [0.25, 0.3) is 5.91 Å². The molecule has 2 saturated carbocycles. The van der Waals surface area contributed by atoms with Crippen LogP contribution in [0.15, 0.2) is 67.3 Å². The van der Waals surface area contributed by atoms with E-state index >= 15 is 0 Å². The van der Waals surface area contributed by atoms with E-state index in [1.807, 2.05) is 30.3 Å². The molecular weight excluding hydrogens is 734 g/mol. The molecule has 1 saturated heterocycles. The highest BCUT2D eigenvalue weighted by Crippen LogP contribution is 2.46. The second kappa shape index (κ2) is 15.5. The van der Waals surface area contributed by atoms with E-state index in [0.29, 0.717) is 40.9 Å². The number of rotatable bonds is 14. The summed E-state index contributed by atoms with van der Waals surface area (Å²) in [5, 5.41) is 5.28. The van der Waals surface area contributed by atoms with Crippen molar-refractivity contribution in [3.05, 3.63) is 67.3 Å². The van der Waals surface area contributed by atoms with Gasteiger partial charge in [-0.05, 0) is 36.8 Å². The molecular formula is C39H46FN5O9S. The molecule has 0 bridgehead atoms. The van der Waals surface area contributed by atoms with Gasteiger partial charge in [0.05, 0.1) is 30.1 Å². The quantitative estimate of drug-likeness (QED) is 0.202. The summed E-state index contributed by atoms with van der Waals surface area (Å²) in [6.07, 6.45) is 0.642. The zero-order valence-corrected chi connectivity index (χ0v) is 32.0. The number of alkyl carbamates (subject to hydrolysis) is 1. The third-order valence-corrected chi connectivity index (χ3v) is 11.9. The molecule has 5 atom stereocenters. The van der Waals surface area contributed by atoms with E-state index in [4.69, 9.17) is 19.2 Å². The first-order chi connectivity index (χ1) is 26.1. The minimum absolute atomic E-state index is 0.0296. The number of fused-ring (bicyclic) bond motifs is 1. The zero-order chi connectivity index (χ0) is 39.7. The van der Waals surface area contributed by atoms with Crippen LogP contribution in [0.5, 0.6) is 11.5 Å². The van der Waals surface area contributed by atoms with Gasteiger partial charge in [-0.3, -0.25) is 19.1 Å². The van der Waals surface area contributed by atoms with E-state index < -0.39 is 87.4 Å². The molecule has 0 spiro atoms. The molecule has 294 valence electrons. The number of carbonyl (C=O) groups excluding carboxylic acids is 4. The number of halogens is 1. The molecule has 4 amide bonds. The number of aromatic nitrogens is 1. The molecule has 6 rings (SSSR count). The number of carbonyl (C=O) groups is 4. The smallest absolute Gasteiger partial charge is 0.407 e. The Morgan fingerprint density at radius 2 is 1.84 bits per heavy atom. The first kappa shape index (κ1) is 39.4. The first-order valence-electron chi connectivity index (χ1n) is 18.1. The van der Waals surface area contributed by atoms with Crippen LogP contribution in [-0.4, -0.2) is 98.0 Å². The second-order valence-corrected chi connectivity index (χ2v) is 17.1. The van der Waals surface area contributed by atoms with E-state index in [2.05, 4.69) is 21.9 Å². The monoisotopic (exact) mass is 779 g/mol. The lowest BCUT2D eigenvalue weighted by Crippen LogP contribution is -2.60. The summed E-state index contributed by atoms with van der Waals surface area (Å²) in [4.78, 5) is 61.1. The van der Waals surface area contributed by atoms with E-state index in [1.54, 1.807) is 52.1 Å². The van der Waals surface area contributed by atoms with E-state index in [9.17, 15) is 32.0 Å². The Labute approximate surface area is 319 Å². The highest BCUT2D eigenvalue weighted by molar-refractivity contribution is 7.91. The highest BCUT2D eigenvalue weighted by Gasteiger charge is 2.62. The first-order valence-corrected chi connectivity index (χ1v) is 19.7. The normalized spacial score (nSPS) is 22.6. The maximum atomic E-state index is 14.5. The van der Waals surface area contributed by atoms with Crippen molar-refractivity contribution in [2.45, 2.75) is 75.4 Å². The largest absolute Gasteiger partial charge is 0.497 e. The summed E-state index contributed by atoms with van der Waals surface area (Å²) in [6, 6.07) is 14.1. The number of nitrogens with one attached hydrogen (secondary N) is 3. The Bertz CT molecular complexity index is 2090. The van der Waals surface area contributed by atoms with Gasteiger partial charge in [0, 0.05) is 35.4 Å². The lowest BCUT2D eigenvalue weighted by atomic mass is 9.85. The minimum atomic E-state index is -3.93. The topological polar surface area (TPSA) is 182 Å². The molecule has 16 heteroatoms. The average Bonchev–Trinajstić information content (AvgIpc) is 4.09. The van der Waals surface area contributed by atoms with Gasteiger partial charge in [0.15, 0.2) is 0 Å². The lowest BCUT2D eigenvalue weighted by molar-refractivity contribution is -0.142. The van der Waals surface area contributed by atoms with Gasteiger partial charge < -0.3 is 29.7 Å². The zero-order valence-electron chi connectivity index (χ0n) is 31.2. The van der Waals surface area contributed by atoms with Crippen LogP contribution < -0.4 is 24.8 Å². The van der Waals surface area contributed by atoms with Crippen molar-refractivity contribution in [3.8, 4) is 22.8 Å². The fourth-order valence-corrected chi connectivity index (χ4v) is 8.20. The summed E-state index contributed by atoms with van der Waals surface area (Å²) >= 11 is 0. The summed E-state index contributed by atoms with van der Waals surface area (Å²) in [7, 11) is -2.38. The third-order valence-electron chi connectivity index (χ3n) is 10.1. The van der Waals surface area contributed by atoms with Gasteiger partial charge in [-0.15, -0.1) is 6.58 Å². The van der Waals surface area contributed by atoms with Crippen molar-refractivity contribution in [3.63, 3.8) is 0 Å². The standard InChI is InChI=1S/C39H46FN5O9S/c1-6-24-21-39(24,36(48)44-55(50,51)27-13-14-27)43-34(46)31-19-26(22-45(31)35(47)33(38(2,3)4)42-37(49)53-17-16-40)54-32-20-29(23-10-8-7-9-11-23)41-30-18-25(52-5)12-15-28(30)32/h6-12,15,18,20,24,26-27,31,33H,1,13-14,16-17,19,21-22H2,2-5H3,(H,42,49)(H,43,46)(H,44,48)/t24-,26-,31+,33-,39-/m1/s1. The molecule has 0 radical (unpaired) electrons. The van der Waals surface area contributed by atoms with Crippen LogP contribution in [0.25, 0.3) is 22.2 Å². The Hall–Kier alpha value is -5.25. The minimum Gasteiger partial charge on any atom is -0.497 e. The summed E-state index contributed by atoms with van der Waals surface area (Å²) in [6.45, 7) is 7.37. The third kappa shape index (κ3) is 8.53. The Morgan fingerprint density at radius 3 is 2.45 bits per heavy atom. The van der Waals surface area contributed by atoms with Crippen molar-refractivity contribution in [1.29, 1.82) is 0 Å². The van der Waals surface area contributed by atoms with Crippen LogP contribution in [0.1, 0.15) is 46.5 Å². The number of benzene rings is 2. The van der Waals surface area contributed by atoms with E-state index in [0.717, 1.165) is 5.56 Å². The van der Waals surface area contributed by atoms with Crippen molar-refractivity contribution in [1.82, 2.24) is 25.2 Å². The number of hydrogen-bond donors (Lipinski definition) is 3. The number of methoxy groups -OCH3 is 1. The maximum Gasteiger partial charge on any atom is 0.407 e. The molecule has 2 heterocycles. The Morgan fingerprint density at radius 1 is 1.11 bits per heavy atom. The molecule has 3 aliphatic rings. The van der Waals surface area contributed by atoms with Crippen molar-refractivity contribution < 1.29 is 46.2 Å². The van der Waals surface area contributed by atoms with Gasteiger partial charge in [0.1, 0.15) is 48.5 Å². The Kier molecular flexibility index (Phi) is 11.1. The SMILES string of the molecule is C=C[C@@H]1C[C@]1(NC(=O)[C@@H]1C[C@@H](Oc2cc(-c3ccccc3)nc3cc(OC)ccc23)CN1C(=O)[C@@H](NC(=O)OCCF)C(C)(C)C)C(=O)NS(=O)(=O)C1CC1.